The maximum absolute atomic E-state index is 13.2. The fourth-order valence-corrected chi connectivity index (χ4v) is 4.18. The summed E-state index contributed by atoms with van der Waals surface area (Å²) in [6.45, 7) is 8.99. The highest BCUT2D eigenvalue weighted by atomic mass is 16.6. The normalized spacial score (nSPS) is 16.2. The number of carbonyl (C=O) groups excluding carboxylic acids is 1. The highest BCUT2D eigenvalue weighted by Crippen LogP contribution is 2.24. The smallest absolute Gasteiger partial charge is 0.410 e. The number of amides is 1. The molecule has 174 valence electrons. The van der Waals surface area contributed by atoms with Crippen LogP contribution in [0.5, 0.6) is 0 Å². The first-order valence-corrected chi connectivity index (χ1v) is 11.6. The molecule has 4 rings (SSSR count). The molecule has 1 aliphatic rings. The van der Waals surface area contributed by atoms with Gasteiger partial charge in [0.1, 0.15) is 11.2 Å². The number of anilines is 1. The molecule has 1 fully saturated rings. The molecular formula is C26H32N4O3. The van der Waals surface area contributed by atoms with Crippen LogP contribution in [0.4, 0.5) is 10.5 Å². The molecule has 1 unspecified atom stereocenters. The Kier molecular flexibility index (Phi) is 6.40. The van der Waals surface area contributed by atoms with Crippen LogP contribution < -0.4 is 10.9 Å². The predicted molar refractivity (Wildman–Crippen MR) is 131 cm³/mol. The van der Waals surface area contributed by atoms with Gasteiger partial charge >= 0.3 is 6.09 Å². The number of pyridine rings is 1. The monoisotopic (exact) mass is 448 g/mol. The van der Waals surface area contributed by atoms with Crippen molar-refractivity contribution in [1.29, 1.82) is 0 Å². The molecule has 3 heterocycles. The number of benzene rings is 1. The van der Waals surface area contributed by atoms with Gasteiger partial charge in [-0.15, -0.1) is 0 Å². The molecule has 0 saturated carbocycles. The molecule has 1 aliphatic heterocycles. The van der Waals surface area contributed by atoms with Gasteiger partial charge in [-0.05, 0) is 63.4 Å². The number of rotatable bonds is 5. The van der Waals surface area contributed by atoms with E-state index in [1.807, 2.05) is 63.2 Å². The van der Waals surface area contributed by atoms with Gasteiger partial charge in [-0.2, -0.15) is 0 Å². The summed E-state index contributed by atoms with van der Waals surface area (Å²) >= 11 is 0. The third kappa shape index (κ3) is 5.18. The van der Waals surface area contributed by atoms with Crippen LogP contribution in [0.3, 0.4) is 0 Å². The maximum atomic E-state index is 13.2. The average molecular weight is 449 g/mol. The van der Waals surface area contributed by atoms with E-state index in [-0.39, 0.29) is 17.7 Å². The van der Waals surface area contributed by atoms with Crippen molar-refractivity contribution in [3.05, 3.63) is 64.7 Å². The largest absolute Gasteiger partial charge is 0.444 e. The molecule has 1 aromatic carbocycles. The SMILES string of the molecule is CCCc1nc2ccccn2c(=O)c1-c1ccc(NC2CCN(C(=O)OC(C)(C)C)C2)cc1. The predicted octanol–water partition coefficient (Wildman–Crippen LogP) is 4.74. The van der Waals surface area contributed by atoms with E-state index in [9.17, 15) is 9.59 Å². The molecule has 1 atom stereocenters. The number of hydrogen-bond donors (Lipinski definition) is 1. The summed E-state index contributed by atoms with van der Waals surface area (Å²) in [5.41, 5.74) is 3.44. The van der Waals surface area contributed by atoms with Gasteiger partial charge in [0.2, 0.25) is 0 Å². The number of nitrogens with one attached hydrogen (secondary N) is 1. The van der Waals surface area contributed by atoms with Gasteiger partial charge in [0, 0.05) is 31.0 Å². The van der Waals surface area contributed by atoms with Crippen molar-refractivity contribution in [3.8, 4) is 11.1 Å². The lowest BCUT2D eigenvalue weighted by molar-refractivity contribution is 0.0293. The van der Waals surface area contributed by atoms with E-state index >= 15 is 0 Å². The maximum Gasteiger partial charge on any atom is 0.410 e. The van der Waals surface area contributed by atoms with Gasteiger partial charge in [0.05, 0.1) is 11.3 Å². The fraction of sp³-hybridized carbons (Fsp3) is 0.423. The summed E-state index contributed by atoms with van der Waals surface area (Å²) in [5.74, 6) is 0. The Morgan fingerprint density at radius 1 is 1.18 bits per heavy atom. The van der Waals surface area contributed by atoms with Crippen molar-refractivity contribution in [3.63, 3.8) is 0 Å². The Labute approximate surface area is 194 Å². The van der Waals surface area contributed by atoms with Crippen LogP contribution in [-0.2, 0) is 11.2 Å². The second-order valence-electron chi connectivity index (χ2n) is 9.55. The first kappa shape index (κ1) is 22.8. The molecule has 1 amide bonds. The molecule has 0 radical (unpaired) electrons. The van der Waals surface area contributed by atoms with Gasteiger partial charge in [0.25, 0.3) is 5.56 Å². The number of carbonyl (C=O) groups is 1. The van der Waals surface area contributed by atoms with Crippen molar-refractivity contribution >= 4 is 17.4 Å². The van der Waals surface area contributed by atoms with E-state index in [4.69, 9.17) is 9.72 Å². The van der Waals surface area contributed by atoms with Crippen molar-refractivity contribution in [2.45, 2.75) is 58.6 Å². The molecule has 1 saturated heterocycles. The fourth-order valence-electron chi connectivity index (χ4n) is 4.18. The summed E-state index contributed by atoms with van der Waals surface area (Å²) in [6, 6.07) is 13.7. The Morgan fingerprint density at radius 2 is 1.94 bits per heavy atom. The number of aryl methyl sites for hydroxylation is 1. The quantitative estimate of drug-likeness (QED) is 0.610. The minimum absolute atomic E-state index is 0.0476. The molecule has 0 aliphatic carbocycles. The van der Waals surface area contributed by atoms with Crippen LogP contribution in [0.15, 0.2) is 53.5 Å². The molecular weight excluding hydrogens is 416 g/mol. The van der Waals surface area contributed by atoms with Crippen LogP contribution in [0.1, 0.15) is 46.2 Å². The van der Waals surface area contributed by atoms with Crippen molar-refractivity contribution in [1.82, 2.24) is 14.3 Å². The Hall–Kier alpha value is -3.35. The van der Waals surface area contributed by atoms with Gasteiger partial charge < -0.3 is 15.0 Å². The van der Waals surface area contributed by atoms with E-state index in [0.717, 1.165) is 36.2 Å². The number of nitrogens with zero attached hydrogens (tertiary/aromatic N) is 3. The molecule has 1 N–H and O–H groups in total. The highest BCUT2D eigenvalue weighted by Gasteiger charge is 2.29. The van der Waals surface area contributed by atoms with Crippen molar-refractivity contribution in [2.75, 3.05) is 18.4 Å². The first-order valence-electron chi connectivity index (χ1n) is 11.6. The molecule has 7 heteroatoms. The van der Waals surface area contributed by atoms with Gasteiger partial charge in [0.15, 0.2) is 0 Å². The summed E-state index contributed by atoms with van der Waals surface area (Å²) in [4.78, 5) is 32.1. The number of fused-ring (bicyclic) bond motifs is 1. The highest BCUT2D eigenvalue weighted by molar-refractivity contribution is 5.70. The van der Waals surface area contributed by atoms with Crippen LogP contribution in [0.25, 0.3) is 16.8 Å². The Balaban J connectivity index is 1.51. The topological polar surface area (TPSA) is 75.9 Å². The van der Waals surface area contributed by atoms with Crippen LogP contribution >= 0.6 is 0 Å². The van der Waals surface area contributed by atoms with E-state index in [0.29, 0.717) is 24.3 Å². The van der Waals surface area contributed by atoms with Gasteiger partial charge in [-0.1, -0.05) is 31.5 Å². The Morgan fingerprint density at radius 3 is 2.64 bits per heavy atom. The lowest BCUT2D eigenvalue weighted by Gasteiger charge is -2.24. The second kappa shape index (κ2) is 9.25. The van der Waals surface area contributed by atoms with Gasteiger partial charge in [-0.25, -0.2) is 9.78 Å². The lowest BCUT2D eigenvalue weighted by Crippen LogP contribution is -2.36. The zero-order valence-electron chi connectivity index (χ0n) is 19.8. The number of hydrogen-bond acceptors (Lipinski definition) is 5. The number of aromatic nitrogens is 2. The summed E-state index contributed by atoms with van der Waals surface area (Å²) < 4.78 is 7.08. The molecule has 7 nitrogen and oxygen atoms in total. The number of ether oxygens (including phenoxy) is 1. The minimum Gasteiger partial charge on any atom is -0.444 e. The van der Waals surface area contributed by atoms with Crippen LogP contribution in [0.2, 0.25) is 0 Å². The van der Waals surface area contributed by atoms with Crippen LogP contribution in [-0.4, -0.2) is 45.1 Å². The third-order valence-electron chi connectivity index (χ3n) is 5.68. The zero-order valence-corrected chi connectivity index (χ0v) is 19.8. The third-order valence-corrected chi connectivity index (χ3v) is 5.68. The number of likely N-dealkylation sites (tertiary alicyclic amines) is 1. The molecule has 0 spiro atoms. The van der Waals surface area contributed by atoms with Crippen molar-refractivity contribution in [2.24, 2.45) is 0 Å². The molecule has 33 heavy (non-hydrogen) atoms. The van der Waals surface area contributed by atoms with E-state index < -0.39 is 5.60 Å². The average Bonchev–Trinajstić information content (AvgIpc) is 3.23. The zero-order chi connectivity index (χ0) is 23.6. The molecule has 3 aromatic rings. The minimum atomic E-state index is -0.495. The van der Waals surface area contributed by atoms with E-state index in [2.05, 4.69) is 12.2 Å². The first-order chi connectivity index (χ1) is 15.7. The van der Waals surface area contributed by atoms with Crippen molar-refractivity contribution < 1.29 is 9.53 Å². The molecule has 0 bridgehead atoms. The summed E-state index contributed by atoms with van der Waals surface area (Å²) in [7, 11) is 0. The Bertz CT molecular complexity index is 1190. The lowest BCUT2D eigenvalue weighted by atomic mass is 10.0. The summed E-state index contributed by atoms with van der Waals surface area (Å²) in [6.07, 6.45) is 4.01. The standard InChI is InChI=1S/C26H32N4O3/c1-5-8-21-23(24(31)30-15-7-6-9-22(30)28-21)18-10-12-19(13-11-18)27-20-14-16-29(17-20)25(32)33-26(2,3)4/h6-7,9-13,15,20,27H,5,8,14,16-17H2,1-4H3. The summed E-state index contributed by atoms with van der Waals surface area (Å²) in [5, 5.41) is 3.50. The second-order valence-corrected chi connectivity index (χ2v) is 9.55. The van der Waals surface area contributed by atoms with E-state index in [1.54, 1.807) is 15.5 Å². The van der Waals surface area contributed by atoms with E-state index in [1.165, 1.54) is 0 Å². The van der Waals surface area contributed by atoms with Crippen LogP contribution in [0, 0.1) is 0 Å². The molecule has 2 aromatic heterocycles. The van der Waals surface area contributed by atoms with Gasteiger partial charge in [-0.3, -0.25) is 9.20 Å².